The number of aromatic carboxylic acids is 1. The van der Waals surface area contributed by atoms with Crippen LogP contribution >= 0.6 is 0 Å². The summed E-state index contributed by atoms with van der Waals surface area (Å²) in [6.45, 7) is 3.65. The highest BCUT2D eigenvalue weighted by molar-refractivity contribution is 7.89. The van der Waals surface area contributed by atoms with Gasteiger partial charge in [0.15, 0.2) is 5.82 Å². The van der Waals surface area contributed by atoms with E-state index in [1.807, 2.05) is 10.8 Å². The molecular weight excluding hydrogens is 467 g/mol. The molecule has 3 rings (SSSR count). The van der Waals surface area contributed by atoms with Crippen LogP contribution in [0.15, 0.2) is 24.3 Å². The molecule has 1 aromatic heterocycles. The third-order valence-corrected chi connectivity index (χ3v) is 6.52. The Balaban J connectivity index is 1.77. The number of carboxylic acids is 1. The number of ether oxygens (including phenoxy) is 1. The second kappa shape index (κ2) is 10.0. The maximum Gasteiger partial charge on any atom is 0.341 e. The third kappa shape index (κ3) is 5.09. The second-order valence-electron chi connectivity index (χ2n) is 7.59. The third-order valence-electron chi connectivity index (χ3n) is 5.32. The van der Waals surface area contributed by atoms with Gasteiger partial charge in [0.05, 0.1) is 23.8 Å². The Hall–Kier alpha value is -3.72. The molecule has 1 aliphatic rings. The number of carbonyl (C=O) groups excluding carboxylic acids is 1. The monoisotopic (exact) mass is 490 g/mol. The number of hydrogen-bond acceptors (Lipinski definition) is 8. The van der Waals surface area contributed by atoms with Crippen LogP contribution in [-0.4, -0.2) is 50.1 Å². The topological polar surface area (TPSA) is 150 Å². The van der Waals surface area contributed by atoms with E-state index < -0.39 is 39.4 Å². The molecule has 2 heterocycles. The number of rotatable bonds is 9. The lowest BCUT2D eigenvalue weighted by molar-refractivity contribution is -0.123. The minimum absolute atomic E-state index is 0.0594. The summed E-state index contributed by atoms with van der Waals surface area (Å²) >= 11 is 0. The van der Waals surface area contributed by atoms with Crippen LogP contribution in [-0.2, 0) is 27.0 Å². The molecule has 10 nitrogen and oxygen atoms in total. The van der Waals surface area contributed by atoms with E-state index in [1.54, 1.807) is 18.7 Å². The first-order valence-electron chi connectivity index (χ1n) is 10.5. The van der Waals surface area contributed by atoms with Gasteiger partial charge in [-0.25, -0.2) is 17.6 Å². The van der Waals surface area contributed by atoms with Gasteiger partial charge < -0.3 is 14.7 Å². The van der Waals surface area contributed by atoms with Crippen molar-refractivity contribution in [3.63, 3.8) is 0 Å². The van der Waals surface area contributed by atoms with Crippen LogP contribution in [0.3, 0.4) is 0 Å². The van der Waals surface area contributed by atoms with Gasteiger partial charge >= 0.3 is 5.97 Å². The SMILES string of the molecule is CCOc1nc(N2CC(C(=O)NS(=O)(=O)Cc3ccccc3F)C2)c(C#N)c(CC)c1C(=O)O. The van der Waals surface area contributed by atoms with Crippen LogP contribution in [0.4, 0.5) is 10.2 Å². The van der Waals surface area contributed by atoms with Crippen molar-refractivity contribution < 1.29 is 32.2 Å². The molecule has 1 saturated heterocycles. The molecule has 1 aromatic carbocycles. The number of nitriles is 1. The number of carbonyl (C=O) groups is 2. The largest absolute Gasteiger partial charge is 0.477 e. The number of aromatic nitrogens is 1. The number of amides is 1. The maximum absolute atomic E-state index is 13.8. The number of benzene rings is 1. The first-order chi connectivity index (χ1) is 16.1. The summed E-state index contributed by atoms with van der Waals surface area (Å²) < 4.78 is 45.8. The van der Waals surface area contributed by atoms with Crippen LogP contribution in [0.2, 0.25) is 0 Å². The quantitative estimate of drug-likeness (QED) is 0.537. The molecule has 0 atom stereocenters. The van der Waals surface area contributed by atoms with E-state index in [2.05, 4.69) is 4.98 Å². The number of sulfonamides is 1. The summed E-state index contributed by atoms with van der Waals surface area (Å²) in [6.07, 6.45) is 0.242. The van der Waals surface area contributed by atoms with E-state index >= 15 is 0 Å². The fourth-order valence-corrected chi connectivity index (χ4v) is 4.86. The highest BCUT2D eigenvalue weighted by atomic mass is 32.2. The number of anilines is 1. The van der Waals surface area contributed by atoms with Gasteiger partial charge in [0.2, 0.25) is 21.8 Å². The van der Waals surface area contributed by atoms with E-state index in [-0.39, 0.29) is 60.1 Å². The number of nitrogens with one attached hydrogen (secondary N) is 1. The normalized spacial score (nSPS) is 13.6. The first-order valence-corrected chi connectivity index (χ1v) is 12.1. The second-order valence-corrected chi connectivity index (χ2v) is 9.31. The number of pyridine rings is 1. The Kier molecular flexibility index (Phi) is 7.36. The zero-order valence-electron chi connectivity index (χ0n) is 18.5. The minimum atomic E-state index is -4.12. The lowest BCUT2D eigenvalue weighted by Crippen LogP contribution is -2.55. The van der Waals surface area contributed by atoms with Crippen molar-refractivity contribution in [3.8, 4) is 11.9 Å². The van der Waals surface area contributed by atoms with Gasteiger partial charge in [0.25, 0.3) is 0 Å². The van der Waals surface area contributed by atoms with Crippen molar-refractivity contribution in [2.75, 3.05) is 24.6 Å². The van der Waals surface area contributed by atoms with Crippen LogP contribution in [0.25, 0.3) is 0 Å². The summed E-state index contributed by atoms with van der Waals surface area (Å²) in [6, 6.07) is 7.37. The van der Waals surface area contributed by atoms with Gasteiger partial charge in [-0.15, -0.1) is 0 Å². The van der Waals surface area contributed by atoms with Crippen LogP contribution in [0, 0.1) is 23.1 Å². The smallest absolute Gasteiger partial charge is 0.341 e. The molecule has 0 saturated carbocycles. The van der Waals surface area contributed by atoms with E-state index in [1.165, 1.54) is 18.2 Å². The van der Waals surface area contributed by atoms with Gasteiger partial charge in [-0.1, -0.05) is 25.1 Å². The van der Waals surface area contributed by atoms with Crippen molar-refractivity contribution >= 4 is 27.7 Å². The number of halogens is 1. The maximum atomic E-state index is 13.8. The Morgan fingerprint density at radius 3 is 2.56 bits per heavy atom. The van der Waals surface area contributed by atoms with E-state index in [4.69, 9.17) is 4.74 Å². The molecule has 0 unspecified atom stereocenters. The van der Waals surface area contributed by atoms with Gasteiger partial charge in [-0.3, -0.25) is 9.52 Å². The lowest BCUT2D eigenvalue weighted by Gasteiger charge is -2.39. The fraction of sp³-hybridized carbons (Fsp3) is 0.364. The molecule has 0 radical (unpaired) electrons. The molecule has 1 fully saturated rings. The van der Waals surface area contributed by atoms with Crippen molar-refractivity contribution in [1.29, 1.82) is 5.26 Å². The Morgan fingerprint density at radius 1 is 1.32 bits per heavy atom. The predicted octanol–water partition coefficient (Wildman–Crippen LogP) is 1.83. The summed E-state index contributed by atoms with van der Waals surface area (Å²) in [5.41, 5.74) is 0.0897. The molecule has 0 spiro atoms. The van der Waals surface area contributed by atoms with Gasteiger partial charge in [-0.2, -0.15) is 10.2 Å². The molecule has 1 amide bonds. The standard InChI is InChI=1S/C22H23FN4O6S/c1-3-15-16(9-24)19(25-21(33-4-2)18(15)22(29)30)27-10-14(11-27)20(28)26-34(31,32)12-13-7-5-6-8-17(13)23/h5-8,14H,3-4,10-12H2,1-2H3,(H,26,28)(H,29,30). The molecule has 0 aliphatic carbocycles. The van der Waals surface area contributed by atoms with Crippen molar-refractivity contribution in [1.82, 2.24) is 9.71 Å². The average molecular weight is 491 g/mol. The van der Waals surface area contributed by atoms with E-state index in [0.29, 0.717) is 0 Å². The zero-order chi connectivity index (χ0) is 25.0. The zero-order valence-corrected chi connectivity index (χ0v) is 19.4. The number of hydrogen-bond donors (Lipinski definition) is 2. The molecule has 2 aromatic rings. The number of carboxylic acid groups (broad SMARTS) is 1. The van der Waals surface area contributed by atoms with E-state index in [0.717, 1.165) is 6.07 Å². The van der Waals surface area contributed by atoms with E-state index in [9.17, 15) is 32.8 Å². The highest BCUT2D eigenvalue weighted by Crippen LogP contribution is 2.34. The van der Waals surface area contributed by atoms with Crippen molar-refractivity contribution in [2.45, 2.75) is 26.0 Å². The van der Waals surface area contributed by atoms with Crippen LogP contribution in [0.1, 0.15) is 40.9 Å². The first kappa shape index (κ1) is 24.9. The molecule has 12 heteroatoms. The molecule has 34 heavy (non-hydrogen) atoms. The summed E-state index contributed by atoms with van der Waals surface area (Å²) in [5.74, 6) is -4.07. The molecule has 0 bridgehead atoms. The summed E-state index contributed by atoms with van der Waals surface area (Å²) in [5, 5.41) is 19.3. The predicted molar refractivity (Wildman–Crippen MR) is 119 cm³/mol. The van der Waals surface area contributed by atoms with Gasteiger partial charge in [-0.05, 0) is 25.0 Å². The Labute approximate surface area is 196 Å². The van der Waals surface area contributed by atoms with Crippen LogP contribution < -0.4 is 14.4 Å². The average Bonchev–Trinajstić information content (AvgIpc) is 2.73. The van der Waals surface area contributed by atoms with Crippen molar-refractivity contribution in [3.05, 3.63) is 52.3 Å². The van der Waals surface area contributed by atoms with Gasteiger partial charge in [0, 0.05) is 18.7 Å². The molecule has 1 aliphatic heterocycles. The Morgan fingerprint density at radius 2 is 2.00 bits per heavy atom. The number of nitrogens with zero attached hydrogens (tertiary/aromatic N) is 3. The molecule has 180 valence electrons. The van der Waals surface area contributed by atoms with Gasteiger partial charge in [0.1, 0.15) is 17.4 Å². The van der Waals surface area contributed by atoms with Crippen LogP contribution in [0.5, 0.6) is 5.88 Å². The molecular formula is C22H23FN4O6S. The van der Waals surface area contributed by atoms with Crippen molar-refractivity contribution in [2.24, 2.45) is 5.92 Å². The highest BCUT2D eigenvalue weighted by Gasteiger charge is 2.38. The minimum Gasteiger partial charge on any atom is -0.477 e. The summed E-state index contributed by atoms with van der Waals surface area (Å²) in [4.78, 5) is 30.1. The fourth-order valence-electron chi connectivity index (χ4n) is 3.67. The Bertz CT molecular complexity index is 1270. The lowest BCUT2D eigenvalue weighted by atomic mass is 9.96. The molecule has 2 N–H and O–H groups in total. The summed E-state index contributed by atoms with van der Waals surface area (Å²) in [7, 11) is -4.12.